The predicted octanol–water partition coefficient (Wildman–Crippen LogP) is 5.99. The molecule has 0 amide bonds. The summed E-state index contributed by atoms with van der Waals surface area (Å²) in [6.07, 6.45) is 5.73. The zero-order valence-electron chi connectivity index (χ0n) is 24.1. The molecular formula is C30H42N4O3S2. The van der Waals surface area contributed by atoms with E-state index in [1.54, 1.807) is 6.20 Å². The van der Waals surface area contributed by atoms with Crippen molar-refractivity contribution in [1.29, 1.82) is 0 Å². The number of aliphatic hydroxyl groups is 1. The van der Waals surface area contributed by atoms with Crippen LogP contribution >= 0.6 is 11.3 Å². The minimum Gasteiger partial charge on any atom is -0.396 e. The lowest BCUT2D eigenvalue weighted by Crippen LogP contribution is -2.46. The van der Waals surface area contributed by atoms with Crippen LogP contribution < -0.4 is 10.0 Å². The second-order valence-corrected chi connectivity index (χ2v) is 13.9. The highest BCUT2D eigenvalue weighted by Gasteiger charge is 2.36. The van der Waals surface area contributed by atoms with Gasteiger partial charge in [0.2, 0.25) is 5.78 Å². The molecule has 3 N–H and O–H groups in total. The summed E-state index contributed by atoms with van der Waals surface area (Å²) >= 11 is 1.36. The monoisotopic (exact) mass is 570 g/mol. The second kappa shape index (κ2) is 13.3. The van der Waals surface area contributed by atoms with Gasteiger partial charge in [0.1, 0.15) is 12.1 Å². The van der Waals surface area contributed by atoms with Crippen LogP contribution in [-0.2, 0) is 16.5 Å². The van der Waals surface area contributed by atoms with Crippen LogP contribution in [0.3, 0.4) is 0 Å². The lowest BCUT2D eigenvalue weighted by Gasteiger charge is -2.34. The molecule has 4 atom stereocenters. The first-order valence-electron chi connectivity index (χ1n) is 13.6. The quantitative estimate of drug-likeness (QED) is 0.273. The molecule has 3 aromatic rings. The molecule has 1 aliphatic rings. The Balaban J connectivity index is 0.00000205. The average molecular weight is 571 g/mol. The molecule has 0 radical (unpaired) electrons. The van der Waals surface area contributed by atoms with Gasteiger partial charge in [-0.2, -0.15) is 0 Å². The van der Waals surface area contributed by atoms with E-state index in [9.17, 15) is 14.1 Å². The van der Waals surface area contributed by atoms with Gasteiger partial charge in [0, 0.05) is 18.8 Å². The highest BCUT2D eigenvalue weighted by molar-refractivity contribution is 7.84. The lowest BCUT2D eigenvalue weighted by atomic mass is 9.86. The van der Waals surface area contributed by atoms with E-state index in [0.29, 0.717) is 16.3 Å². The van der Waals surface area contributed by atoms with Crippen molar-refractivity contribution < 1.29 is 14.1 Å². The number of thiophene rings is 1. The normalized spacial score (nSPS) is 19.5. The summed E-state index contributed by atoms with van der Waals surface area (Å²) in [5, 5.41) is 14.8. The van der Waals surface area contributed by atoms with E-state index in [4.69, 9.17) is 0 Å². The van der Waals surface area contributed by atoms with Crippen molar-refractivity contribution >= 4 is 33.9 Å². The number of rotatable bonds is 9. The minimum absolute atomic E-state index is 0.153. The highest BCUT2D eigenvalue weighted by atomic mass is 32.2. The van der Waals surface area contributed by atoms with Gasteiger partial charge in [-0.3, -0.25) is 4.79 Å². The van der Waals surface area contributed by atoms with Gasteiger partial charge < -0.3 is 10.4 Å². The summed E-state index contributed by atoms with van der Waals surface area (Å²) in [6, 6.07) is 10.2. The highest BCUT2D eigenvalue weighted by Crippen LogP contribution is 2.36. The summed E-state index contributed by atoms with van der Waals surface area (Å²) < 4.78 is 16.1. The Morgan fingerprint density at radius 2 is 1.90 bits per heavy atom. The Bertz CT molecular complexity index is 1290. The Labute approximate surface area is 239 Å². The third kappa shape index (κ3) is 7.39. The van der Waals surface area contributed by atoms with Gasteiger partial charge in [-0.15, -0.1) is 11.3 Å². The molecular weight excluding hydrogens is 528 g/mol. The molecule has 39 heavy (non-hydrogen) atoms. The molecule has 1 saturated carbocycles. The van der Waals surface area contributed by atoms with Gasteiger partial charge in [0.25, 0.3) is 0 Å². The number of carbonyl (C=O) groups excluding carboxylic acids is 1. The smallest absolute Gasteiger partial charge is 0.208 e. The van der Waals surface area contributed by atoms with Crippen molar-refractivity contribution in [2.45, 2.75) is 84.1 Å². The zero-order chi connectivity index (χ0) is 28.8. The molecule has 4 rings (SSSR count). The maximum absolute atomic E-state index is 13.6. The second-order valence-electron chi connectivity index (χ2n) is 11.0. The van der Waals surface area contributed by atoms with Crippen molar-refractivity contribution in [2.75, 3.05) is 11.9 Å². The van der Waals surface area contributed by atoms with Crippen LogP contribution in [-0.4, -0.2) is 42.5 Å². The number of anilines is 1. The van der Waals surface area contributed by atoms with E-state index in [1.165, 1.54) is 17.7 Å². The molecule has 0 spiro atoms. The fraction of sp³-hybridized carbons (Fsp3) is 0.500. The third-order valence-electron chi connectivity index (χ3n) is 6.95. The summed E-state index contributed by atoms with van der Waals surface area (Å²) in [7, 11) is -1.34. The Morgan fingerprint density at radius 3 is 2.54 bits per heavy atom. The van der Waals surface area contributed by atoms with Crippen molar-refractivity contribution in [3.63, 3.8) is 0 Å². The van der Waals surface area contributed by atoms with Crippen LogP contribution in [0.25, 0.3) is 0 Å². The van der Waals surface area contributed by atoms with E-state index >= 15 is 0 Å². The predicted molar refractivity (Wildman–Crippen MR) is 162 cm³/mol. The summed E-state index contributed by atoms with van der Waals surface area (Å²) in [6.45, 7) is 14.0. The number of hydrogen-bond acceptors (Lipinski definition) is 7. The number of aromatic nitrogens is 2. The van der Waals surface area contributed by atoms with Crippen molar-refractivity contribution in [2.24, 2.45) is 5.92 Å². The molecule has 1 aromatic carbocycles. The zero-order valence-corrected chi connectivity index (χ0v) is 25.7. The largest absolute Gasteiger partial charge is 0.396 e. The maximum atomic E-state index is 13.6. The first kappa shape index (κ1) is 31.1. The fourth-order valence-electron chi connectivity index (χ4n) is 4.61. The summed E-state index contributed by atoms with van der Waals surface area (Å²) in [5.41, 5.74) is 2.61. The van der Waals surface area contributed by atoms with Gasteiger partial charge in [0.05, 0.1) is 31.7 Å². The Morgan fingerprint density at radius 1 is 1.15 bits per heavy atom. The fourth-order valence-corrected chi connectivity index (χ4v) is 6.49. The number of nitrogens with zero attached hydrogens (tertiary/aromatic N) is 2. The Hall–Kier alpha value is -2.46. The molecule has 1 aliphatic carbocycles. The molecule has 0 aliphatic heterocycles. The van der Waals surface area contributed by atoms with Gasteiger partial charge in [-0.25, -0.2) is 18.9 Å². The molecule has 212 valence electrons. The van der Waals surface area contributed by atoms with Crippen LogP contribution in [0.2, 0.25) is 0 Å². The topological polar surface area (TPSA) is 104 Å². The molecule has 9 heteroatoms. The number of aryl methyl sites for hydroxylation is 1. The van der Waals surface area contributed by atoms with Gasteiger partial charge in [0.15, 0.2) is 0 Å². The van der Waals surface area contributed by atoms with Crippen LogP contribution in [0.1, 0.15) is 92.7 Å². The van der Waals surface area contributed by atoms with E-state index in [-0.39, 0.29) is 24.3 Å². The molecule has 0 saturated heterocycles. The number of aliphatic hydroxyl groups excluding tert-OH is 1. The number of hydrogen-bond donors (Lipinski definition) is 3. The van der Waals surface area contributed by atoms with Crippen LogP contribution in [0.4, 0.5) is 5.82 Å². The van der Waals surface area contributed by atoms with Crippen molar-refractivity contribution in [3.05, 3.63) is 75.4 Å². The Kier molecular flexibility index (Phi) is 10.6. The number of carbonyl (C=O) groups is 1. The van der Waals surface area contributed by atoms with Crippen molar-refractivity contribution in [1.82, 2.24) is 14.7 Å². The van der Waals surface area contributed by atoms with Gasteiger partial charge in [-0.1, -0.05) is 43.7 Å². The molecule has 2 heterocycles. The molecule has 4 unspecified atom stereocenters. The van der Waals surface area contributed by atoms with Crippen molar-refractivity contribution in [3.8, 4) is 0 Å². The van der Waals surface area contributed by atoms with Gasteiger partial charge in [-0.05, 0) is 82.4 Å². The summed E-state index contributed by atoms with van der Waals surface area (Å²) in [5.74, 6) is 0.648. The van der Waals surface area contributed by atoms with E-state index in [0.717, 1.165) is 36.0 Å². The van der Waals surface area contributed by atoms with E-state index in [1.807, 2.05) is 78.1 Å². The molecule has 0 bridgehead atoms. The first-order chi connectivity index (χ1) is 18.5. The first-order valence-corrected chi connectivity index (χ1v) is 15.6. The SMILES string of the molecule is CC.Cc1cccc(C(C)(NS(=O)C(C)(C)C)c2csc(C(=O)c3cncnc3NC3CCC(CO)C3)c2)c1. The number of benzene rings is 1. The summed E-state index contributed by atoms with van der Waals surface area (Å²) in [4.78, 5) is 22.7. The molecule has 1 fully saturated rings. The molecule has 7 nitrogen and oxygen atoms in total. The maximum Gasteiger partial charge on any atom is 0.208 e. The third-order valence-corrected chi connectivity index (χ3v) is 9.58. The average Bonchev–Trinajstić information content (AvgIpc) is 3.59. The van der Waals surface area contributed by atoms with E-state index < -0.39 is 21.3 Å². The lowest BCUT2D eigenvalue weighted by molar-refractivity contribution is 0.104. The van der Waals surface area contributed by atoms with E-state index in [2.05, 4.69) is 26.1 Å². The standard InChI is InChI=1S/C28H36N4O3S2.C2H6/c1-18-7-6-8-20(11-18)28(5,32-37(35)27(2,3)4)21-13-24(36-16-21)25(34)23-14-29-17-30-26(23)31-22-10-9-19(12-22)15-33;1-2/h6-8,11,13-14,16-17,19,22,32-33H,9-10,12,15H2,1-5H3,(H,29,30,31);1-2H3. The number of ketones is 1. The minimum atomic E-state index is -1.34. The van der Waals surface area contributed by atoms with Crippen LogP contribution in [0.15, 0.2) is 48.2 Å². The van der Waals surface area contributed by atoms with Gasteiger partial charge >= 0.3 is 0 Å². The van der Waals surface area contributed by atoms with Crippen LogP contribution in [0.5, 0.6) is 0 Å². The number of nitrogens with one attached hydrogen (secondary N) is 2. The molecule has 2 aromatic heterocycles. The van der Waals surface area contributed by atoms with Crippen LogP contribution in [0, 0.1) is 12.8 Å².